The van der Waals surface area contributed by atoms with Crippen molar-refractivity contribution < 1.29 is 14.6 Å². The molecular formula is C18H32O3. The van der Waals surface area contributed by atoms with E-state index in [9.17, 15) is 5.11 Å². The van der Waals surface area contributed by atoms with Crippen LogP contribution < -0.4 is 0 Å². The van der Waals surface area contributed by atoms with E-state index in [-0.39, 0.29) is 5.79 Å². The van der Waals surface area contributed by atoms with E-state index in [0.29, 0.717) is 5.41 Å². The molecule has 0 aromatic heterocycles. The number of hydrogen-bond donors (Lipinski definition) is 1. The second kappa shape index (κ2) is 5.82. The van der Waals surface area contributed by atoms with Gasteiger partial charge in [0.1, 0.15) is 0 Å². The Morgan fingerprint density at radius 2 is 1.90 bits per heavy atom. The van der Waals surface area contributed by atoms with E-state index in [4.69, 9.17) is 9.47 Å². The minimum Gasteiger partial charge on any atom is -0.390 e. The first-order chi connectivity index (χ1) is 9.91. The van der Waals surface area contributed by atoms with Crippen LogP contribution in [0.3, 0.4) is 0 Å². The van der Waals surface area contributed by atoms with Gasteiger partial charge in [-0.2, -0.15) is 0 Å². The molecule has 1 N–H and O–H groups in total. The molecule has 0 aromatic carbocycles. The molecule has 1 aliphatic heterocycles. The Kier molecular flexibility index (Phi) is 4.37. The molecule has 122 valence electrons. The van der Waals surface area contributed by atoms with Crippen molar-refractivity contribution in [1.82, 2.24) is 0 Å². The third-order valence-corrected chi connectivity index (χ3v) is 5.93. The second-order valence-corrected chi connectivity index (χ2v) is 8.45. The van der Waals surface area contributed by atoms with Crippen molar-refractivity contribution in [2.45, 2.75) is 89.4 Å². The first kappa shape index (κ1) is 15.8. The third kappa shape index (κ3) is 3.80. The van der Waals surface area contributed by atoms with Crippen LogP contribution in [0.25, 0.3) is 0 Å². The Hall–Kier alpha value is -0.120. The topological polar surface area (TPSA) is 38.7 Å². The van der Waals surface area contributed by atoms with Gasteiger partial charge in [0.05, 0.1) is 18.8 Å². The molecule has 3 nitrogen and oxygen atoms in total. The monoisotopic (exact) mass is 296 g/mol. The molecule has 1 heterocycles. The highest BCUT2D eigenvalue weighted by atomic mass is 16.7. The highest BCUT2D eigenvalue weighted by molar-refractivity contribution is 4.97. The molecule has 3 aliphatic rings. The predicted molar refractivity (Wildman–Crippen MR) is 83.0 cm³/mol. The van der Waals surface area contributed by atoms with E-state index in [2.05, 4.69) is 0 Å². The number of rotatable bonds is 4. The maximum Gasteiger partial charge on any atom is 0.169 e. The van der Waals surface area contributed by atoms with Crippen LogP contribution in [-0.2, 0) is 9.47 Å². The van der Waals surface area contributed by atoms with Gasteiger partial charge in [0.15, 0.2) is 5.79 Å². The Morgan fingerprint density at radius 1 is 1.14 bits per heavy atom. The van der Waals surface area contributed by atoms with Gasteiger partial charge in [0, 0.05) is 12.8 Å². The Morgan fingerprint density at radius 3 is 2.62 bits per heavy atom. The van der Waals surface area contributed by atoms with Crippen molar-refractivity contribution in [2.24, 2.45) is 11.3 Å². The van der Waals surface area contributed by atoms with E-state index in [1.807, 2.05) is 13.8 Å². The maximum atomic E-state index is 9.84. The zero-order valence-corrected chi connectivity index (χ0v) is 13.8. The molecule has 3 heteroatoms. The molecule has 21 heavy (non-hydrogen) atoms. The normalized spacial score (nSPS) is 35.9. The molecule has 3 fully saturated rings. The van der Waals surface area contributed by atoms with Crippen LogP contribution >= 0.6 is 0 Å². The summed E-state index contributed by atoms with van der Waals surface area (Å²) in [5.41, 5.74) is -0.0152. The predicted octanol–water partition coefficient (Wildman–Crippen LogP) is 4.03. The van der Waals surface area contributed by atoms with E-state index in [0.717, 1.165) is 44.8 Å². The minimum atomic E-state index is -0.503. The average molecular weight is 296 g/mol. The van der Waals surface area contributed by atoms with Gasteiger partial charge in [-0.1, -0.05) is 12.8 Å². The summed E-state index contributed by atoms with van der Waals surface area (Å²) in [6, 6.07) is 0. The molecule has 0 amide bonds. The van der Waals surface area contributed by atoms with Gasteiger partial charge in [0.2, 0.25) is 0 Å². The van der Waals surface area contributed by atoms with E-state index < -0.39 is 5.60 Å². The van der Waals surface area contributed by atoms with Crippen LogP contribution in [-0.4, -0.2) is 29.7 Å². The third-order valence-electron chi connectivity index (χ3n) is 5.93. The summed E-state index contributed by atoms with van der Waals surface area (Å²) in [5, 5.41) is 9.84. The standard InChI is InChI=1S/C18H32O3/c1-16(2,19)7-3-5-15-6-10-17(13-15)8-4-9-18(14-17)20-11-12-21-18/h15,19H,3-14H2,1-2H3/t15-,17-/m0/s1. The van der Waals surface area contributed by atoms with Gasteiger partial charge >= 0.3 is 0 Å². The summed E-state index contributed by atoms with van der Waals surface area (Å²) in [6.07, 6.45) is 12.3. The summed E-state index contributed by atoms with van der Waals surface area (Å²) in [5.74, 6) is 0.629. The number of hydrogen-bond acceptors (Lipinski definition) is 3. The molecule has 1 saturated heterocycles. The van der Waals surface area contributed by atoms with Gasteiger partial charge in [-0.25, -0.2) is 0 Å². The van der Waals surface area contributed by atoms with E-state index >= 15 is 0 Å². The van der Waals surface area contributed by atoms with Crippen LogP contribution in [0.2, 0.25) is 0 Å². The zero-order valence-electron chi connectivity index (χ0n) is 13.8. The molecule has 0 aromatic rings. The molecular weight excluding hydrogens is 264 g/mol. The lowest BCUT2D eigenvalue weighted by Gasteiger charge is -2.43. The van der Waals surface area contributed by atoms with Crippen molar-refractivity contribution >= 4 is 0 Å². The first-order valence-electron chi connectivity index (χ1n) is 8.91. The fraction of sp³-hybridized carbons (Fsp3) is 1.00. The van der Waals surface area contributed by atoms with Crippen LogP contribution in [0.15, 0.2) is 0 Å². The van der Waals surface area contributed by atoms with Crippen LogP contribution in [0, 0.1) is 11.3 Å². The molecule has 0 radical (unpaired) electrons. The fourth-order valence-corrected chi connectivity index (χ4v) is 5.01. The fourth-order valence-electron chi connectivity index (χ4n) is 5.01. The minimum absolute atomic E-state index is 0.222. The summed E-state index contributed by atoms with van der Waals surface area (Å²) in [4.78, 5) is 0. The van der Waals surface area contributed by atoms with Crippen molar-refractivity contribution in [2.75, 3.05) is 13.2 Å². The highest BCUT2D eigenvalue weighted by Gasteiger charge is 2.50. The Bertz CT molecular complexity index is 354. The van der Waals surface area contributed by atoms with Gasteiger partial charge in [0.25, 0.3) is 0 Å². The molecule has 3 rings (SSSR count). The zero-order chi connectivity index (χ0) is 15.0. The molecule has 2 atom stereocenters. The van der Waals surface area contributed by atoms with Gasteiger partial charge < -0.3 is 14.6 Å². The second-order valence-electron chi connectivity index (χ2n) is 8.45. The van der Waals surface area contributed by atoms with Crippen LogP contribution in [0.1, 0.15) is 78.1 Å². The SMILES string of the molecule is CC(C)(O)CCC[C@H]1CC[C@@]2(CCCC3(C2)OCCO3)C1. The quantitative estimate of drug-likeness (QED) is 0.851. The van der Waals surface area contributed by atoms with Crippen LogP contribution in [0.4, 0.5) is 0 Å². The largest absolute Gasteiger partial charge is 0.390 e. The smallest absolute Gasteiger partial charge is 0.169 e. The van der Waals surface area contributed by atoms with Crippen molar-refractivity contribution in [3.8, 4) is 0 Å². The Balaban J connectivity index is 1.51. The van der Waals surface area contributed by atoms with Crippen molar-refractivity contribution in [1.29, 1.82) is 0 Å². The summed E-state index contributed by atoms with van der Waals surface area (Å²) >= 11 is 0. The molecule has 2 saturated carbocycles. The van der Waals surface area contributed by atoms with E-state index in [1.165, 1.54) is 38.5 Å². The molecule has 0 bridgehead atoms. The van der Waals surface area contributed by atoms with Gasteiger partial charge in [-0.05, 0) is 63.7 Å². The van der Waals surface area contributed by atoms with Crippen LogP contribution in [0.5, 0.6) is 0 Å². The molecule has 2 aliphatic carbocycles. The molecule has 2 spiro atoms. The first-order valence-corrected chi connectivity index (χ1v) is 8.91. The van der Waals surface area contributed by atoms with Gasteiger partial charge in [-0.15, -0.1) is 0 Å². The number of ether oxygens (including phenoxy) is 2. The Labute approximate surface area is 129 Å². The van der Waals surface area contributed by atoms with Crippen molar-refractivity contribution in [3.63, 3.8) is 0 Å². The summed E-state index contributed by atoms with van der Waals surface area (Å²) in [7, 11) is 0. The van der Waals surface area contributed by atoms with E-state index in [1.54, 1.807) is 0 Å². The lowest BCUT2D eigenvalue weighted by Crippen LogP contribution is -2.41. The average Bonchev–Trinajstić information content (AvgIpc) is 2.97. The lowest BCUT2D eigenvalue weighted by molar-refractivity contribution is -0.201. The maximum absolute atomic E-state index is 9.84. The van der Waals surface area contributed by atoms with Gasteiger partial charge in [-0.3, -0.25) is 0 Å². The summed E-state index contributed by atoms with van der Waals surface area (Å²) < 4.78 is 11.9. The number of aliphatic hydroxyl groups is 1. The molecule has 0 unspecified atom stereocenters. The highest BCUT2D eigenvalue weighted by Crippen LogP contribution is 2.56. The lowest BCUT2D eigenvalue weighted by atomic mass is 9.69. The van der Waals surface area contributed by atoms with Crippen molar-refractivity contribution in [3.05, 3.63) is 0 Å². The summed E-state index contributed by atoms with van der Waals surface area (Å²) in [6.45, 7) is 5.40.